The van der Waals surface area contributed by atoms with Crippen LogP contribution in [-0.4, -0.2) is 12.6 Å². The van der Waals surface area contributed by atoms with Crippen molar-refractivity contribution < 1.29 is 0 Å². The van der Waals surface area contributed by atoms with Crippen molar-refractivity contribution in [2.24, 2.45) is 17.8 Å². The molecule has 0 radical (unpaired) electrons. The second kappa shape index (κ2) is 7.11. The Morgan fingerprint density at radius 1 is 0.632 bits per heavy atom. The molecule has 0 saturated heterocycles. The first kappa shape index (κ1) is 13.9. The van der Waals surface area contributed by atoms with Crippen molar-refractivity contribution in [3.8, 4) is 0 Å². The molecule has 3 saturated carbocycles. The highest BCUT2D eigenvalue weighted by Gasteiger charge is 2.32. The molecule has 110 valence electrons. The Bertz CT molecular complexity index is 254. The van der Waals surface area contributed by atoms with Gasteiger partial charge in [0.2, 0.25) is 0 Å². The van der Waals surface area contributed by atoms with Gasteiger partial charge >= 0.3 is 0 Å². The monoisotopic (exact) mass is 263 g/mol. The molecule has 0 aliphatic heterocycles. The summed E-state index contributed by atoms with van der Waals surface area (Å²) in [5.41, 5.74) is 0. The zero-order valence-corrected chi connectivity index (χ0v) is 12.7. The van der Waals surface area contributed by atoms with Crippen LogP contribution in [0.3, 0.4) is 0 Å². The number of hydrogen-bond donors (Lipinski definition) is 1. The summed E-state index contributed by atoms with van der Waals surface area (Å²) in [6, 6.07) is 0.853. The molecule has 0 aromatic carbocycles. The minimum atomic E-state index is 0.853. The lowest BCUT2D eigenvalue weighted by Gasteiger charge is -2.39. The van der Waals surface area contributed by atoms with Crippen molar-refractivity contribution in [3.63, 3.8) is 0 Å². The average Bonchev–Trinajstić information content (AvgIpc) is 2.73. The van der Waals surface area contributed by atoms with Crippen molar-refractivity contribution in [3.05, 3.63) is 0 Å². The van der Waals surface area contributed by atoms with Gasteiger partial charge in [-0.3, -0.25) is 0 Å². The lowest BCUT2D eigenvalue weighted by molar-refractivity contribution is 0.127. The molecule has 3 fully saturated rings. The van der Waals surface area contributed by atoms with Gasteiger partial charge in [-0.25, -0.2) is 0 Å². The number of nitrogens with one attached hydrogen (secondary N) is 1. The first-order valence-corrected chi connectivity index (χ1v) is 9.15. The highest BCUT2D eigenvalue weighted by molar-refractivity contribution is 4.84. The summed E-state index contributed by atoms with van der Waals surface area (Å²) in [5, 5.41) is 3.93. The molecule has 0 spiro atoms. The van der Waals surface area contributed by atoms with E-state index < -0.39 is 0 Å². The van der Waals surface area contributed by atoms with Crippen LogP contribution in [0.1, 0.15) is 83.5 Å². The van der Waals surface area contributed by atoms with Gasteiger partial charge in [0.1, 0.15) is 0 Å². The van der Waals surface area contributed by atoms with Crippen LogP contribution in [0.2, 0.25) is 0 Å². The van der Waals surface area contributed by atoms with Gasteiger partial charge in [-0.2, -0.15) is 0 Å². The van der Waals surface area contributed by atoms with Gasteiger partial charge in [0.05, 0.1) is 0 Å². The molecule has 3 rings (SSSR count). The van der Waals surface area contributed by atoms with E-state index in [1.807, 2.05) is 0 Å². The number of fused-ring (bicyclic) bond motifs is 1. The fourth-order valence-corrected chi connectivity index (χ4v) is 4.97. The summed E-state index contributed by atoms with van der Waals surface area (Å²) in [7, 11) is 0. The summed E-state index contributed by atoms with van der Waals surface area (Å²) in [6.45, 7) is 1.33. The maximum Gasteiger partial charge on any atom is 0.00671 e. The predicted molar refractivity (Wildman–Crippen MR) is 82.3 cm³/mol. The second-order valence-electron chi connectivity index (χ2n) is 7.58. The summed E-state index contributed by atoms with van der Waals surface area (Å²) < 4.78 is 0. The van der Waals surface area contributed by atoms with E-state index in [4.69, 9.17) is 0 Å². The van der Waals surface area contributed by atoms with Crippen molar-refractivity contribution in [1.29, 1.82) is 0 Å². The molecule has 0 heterocycles. The SMILES string of the molecule is C1CCCC(NCC2CCC3CCCCC3C2)CC1. The Labute approximate surface area is 119 Å². The van der Waals surface area contributed by atoms with Gasteiger partial charge in [-0.05, 0) is 56.4 Å². The Hall–Kier alpha value is -0.0400. The molecule has 0 amide bonds. The van der Waals surface area contributed by atoms with Crippen LogP contribution >= 0.6 is 0 Å². The van der Waals surface area contributed by atoms with Crippen LogP contribution in [0.25, 0.3) is 0 Å². The zero-order valence-electron chi connectivity index (χ0n) is 12.7. The quantitative estimate of drug-likeness (QED) is 0.714. The Morgan fingerprint density at radius 2 is 1.32 bits per heavy atom. The zero-order chi connectivity index (χ0) is 12.9. The molecule has 3 aliphatic carbocycles. The Balaban J connectivity index is 1.40. The lowest BCUT2D eigenvalue weighted by Crippen LogP contribution is -2.37. The van der Waals surface area contributed by atoms with Gasteiger partial charge in [0.25, 0.3) is 0 Å². The first-order chi connectivity index (χ1) is 9.42. The van der Waals surface area contributed by atoms with E-state index in [1.165, 1.54) is 64.3 Å². The Morgan fingerprint density at radius 3 is 2.11 bits per heavy atom. The second-order valence-corrected chi connectivity index (χ2v) is 7.58. The maximum atomic E-state index is 3.93. The van der Waals surface area contributed by atoms with Crippen LogP contribution < -0.4 is 5.32 Å². The van der Waals surface area contributed by atoms with Crippen LogP contribution in [0, 0.1) is 17.8 Å². The van der Waals surface area contributed by atoms with Crippen LogP contribution in [0.4, 0.5) is 0 Å². The first-order valence-electron chi connectivity index (χ1n) is 9.15. The smallest absolute Gasteiger partial charge is 0.00671 e. The summed E-state index contributed by atoms with van der Waals surface area (Å²) in [4.78, 5) is 0. The molecule has 0 aromatic rings. The van der Waals surface area contributed by atoms with Gasteiger partial charge in [0.15, 0.2) is 0 Å². The molecule has 3 aliphatic rings. The van der Waals surface area contributed by atoms with Gasteiger partial charge in [0, 0.05) is 6.04 Å². The van der Waals surface area contributed by atoms with E-state index >= 15 is 0 Å². The third-order valence-electron chi connectivity index (χ3n) is 6.20. The molecule has 3 unspecified atom stereocenters. The van der Waals surface area contributed by atoms with Crippen molar-refractivity contribution in [2.75, 3.05) is 6.54 Å². The van der Waals surface area contributed by atoms with Crippen molar-refractivity contribution >= 4 is 0 Å². The predicted octanol–water partition coefficient (Wildman–Crippen LogP) is 4.91. The molecule has 1 nitrogen and oxygen atoms in total. The highest BCUT2D eigenvalue weighted by atomic mass is 14.9. The van der Waals surface area contributed by atoms with E-state index in [2.05, 4.69) is 5.32 Å². The average molecular weight is 263 g/mol. The fraction of sp³-hybridized carbons (Fsp3) is 1.00. The summed E-state index contributed by atoms with van der Waals surface area (Å²) >= 11 is 0. The molecular formula is C18H33N. The molecule has 3 atom stereocenters. The molecule has 1 heteroatoms. The summed E-state index contributed by atoms with van der Waals surface area (Å²) in [6.07, 6.45) is 19.5. The normalized spacial score (nSPS) is 37.6. The van der Waals surface area contributed by atoms with E-state index in [0.29, 0.717) is 0 Å². The minimum Gasteiger partial charge on any atom is -0.314 e. The molecule has 1 N–H and O–H groups in total. The topological polar surface area (TPSA) is 12.0 Å². The lowest BCUT2D eigenvalue weighted by atomic mass is 9.67. The number of hydrogen-bond acceptors (Lipinski definition) is 1. The van der Waals surface area contributed by atoms with Gasteiger partial charge in [-0.15, -0.1) is 0 Å². The largest absolute Gasteiger partial charge is 0.314 e. The van der Waals surface area contributed by atoms with Crippen molar-refractivity contribution in [2.45, 2.75) is 89.5 Å². The standard InChI is InChI=1S/C18H33N/c1-2-4-10-18(9-3-1)19-14-15-11-12-16-7-5-6-8-17(16)13-15/h15-19H,1-14H2. The molecule has 19 heavy (non-hydrogen) atoms. The van der Waals surface area contributed by atoms with Crippen LogP contribution in [-0.2, 0) is 0 Å². The Kier molecular flexibility index (Phi) is 5.21. The molecule has 0 bridgehead atoms. The van der Waals surface area contributed by atoms with E-state index in [0.717, 1.165) is 23.8 Å². The minimum absolute atomic E-state index is 0.853. The molecule has 0 aromatic heterocycles. The van der Waals surface area contributed by atoms with E-state index in [9.17, 15) is 0 Å². The van der Waals surface area contributed by atoms with Crippen molar-refractivity contribution in [1.82, 2.24) is 5.32 Å². The fourth-order valence-electron chi connectivity index (χ4n) is 4.97. The summed E-state index contributed by atoms with van der Waals surface area (Å²) in [5.74, 6) is 3.22. The van der Waals surface area contributed by atoms with E-state index in [-0.39, 0.29) is 0 Å². The maximum absolute atomic E-state index is 3.93. The van der Waals surface area contributed by atoms with Crippen LogP contribution in [0.5, 0.6) is 0 Å². The van der Waals surface area contributed by atoms with Gasteiger partial charge in [-0.1, -0.05) is 51.4 Å². The molecular weight excluding hydrogens is 230 g/mol. The third-order valence-corrected chi connectivity index (χ3v) is 6.20. The van der Waals surface area contributed by atoms with Gasteiger partial charge < -0.3 is 5.32 Å². The van der Waals surface area contributed by atoms with E-state index in [1.54, 1.807) is 25.7 Å². The highest BCUT2D eigenvalue weighted by Crippen LogP contribution is 2.42. The van der Waals surface area contributed by atoms with Crippen LogP contribution in [0.15, 0.2) is 0 Å². The number of rotatable bonds is 3. The third kappa shape index (κ3) is 3.97.